The van der Waals surface area contributed by atoms with Gasteiger partial charge in [-0.3, -0.25) is 4.79 Å². The van der Waals surface area contributed by atoms with Gasteiger partial charge in [-0.05, 0) is 31.5 Å². The zero-order valence-electron chi connectivity index (χ0n) is 13.9. The number of carbonyl (C=O) groups is 1. The Morgan fingerprint density at radius 1 is 1.08 bits per heavy atom. The van der Waals surface area contributed by atoms with Crippen molar-refractivity contribution in [1.82, 2.24) is 14.9 Å². The Balaban J connectivity index is 1.93. The lowest BCUT2D eigenvalue weighted by Crippen LogP contribution is -2.33. The van der Waals surface area contributed by atoms with Gasteiger partial charge in [0, 0.05) is 13.1 Å². The standard InChI is InChI=1S/C19H21N3OS/c1-3-22(4-2)18(23)17(14-10-6-5-7-11-14)24-19-20-15-12-8-9-13-16(15)21-19/h5-13,17H,3-4H2,1-2H3,(H,20,21). The highest BCUT2D eigenvalue weighted by Gasteiger charge is 2.26. The third-order valence-corrected chi connectivity index (χ3v) is 5.12. The van der Waals surface area contributed by atoms with Crippen LogP contribution in [0.15, 0.2) is 59.8 Å². The van der Waals surface area contributed by atoms with E-state index in [-0.39, 0.29) is 11.2 Å². The number of aromatic amines is 1. The van der Waals surface area contributed by atoms with Crippen molar-refractivity contribution in [2.75, 3.05) is 13.1 Å². The minimum atomic E-state index is -0.299. The first-order valence-corrected chi connectivity index (χ1v) is 9.06. The van der Waals surface area contributed by atoms with Gasteiger partial charge in [0.1, 0.15) is 5.25 Å². The van der Waals surface area contributed by atoms with Gasteiger partial charge in [0.05, 0.1) is 11.0 Å². The van der Waals surface area contributed by atoms with Gasteiger partial charge >= 0.3 is 0 Å². The first-order valence-electron chi connectivity index (χ1n) is 8.18. The van der Waals surface area contributed by atoms with Gasteiger partial charge in [0.15, 0.2) is 5.16 Å². The highest BCUT2D eigenvalue weighted by Crippen LogP contribution is 2.36. The van der Waals surface area contributed by atoms with Gasteiger partial charge in [0.2, 0.25) is 5.91 Å². The van der Waals surface area contributed by atoms with Crippen molar-refractivity contribution in [2.45, 2.75) is 24.3 Å². The molecule has 0 aliphatic carbocycles. The minimum Gasteiger partial charge on any atom is -0.342 e. The minimum absolute atomic E-state index is 0.122. The smallest absolute Gasteiger partial charge is 0.240 e. The molecule has 0 bridgehead atoms. The second-order valence-corrected chi connectivity index (χ2v) is 6.57. The number of hydrogen-bond donors (Lipinski definition) is 1. The van der Waals surface area contributed by atoms with Crippen molar-refractivity contribution in [2.24, 2.45) is 0 Å². The average Bonchev–Trinajstić information content (AvgIpc) is 3.04. The summed E-state index contributed by atoms with van der Waals surface area (Å²) < 4.78 is 0. The zero-order valence-corrected chi connectivity index (χ0v) is 14.7. The second kappa shape index (κ2) is 7.53. The van der Waals surface area contributed by atoms with E-state index in [1.165, 1.54) is 11.8 Å². The molecule has 3 rings (SSSR count). The lowest BCUT2D eigenvalue weighted by molar-refractivity contribution is -0.130. The molecule has 0 spiro atoms. The Morgan fingerprint density at radius 2 is 1.75 bits per heavy atom. The number of thioether (sulfide) groups is 1. The van der Waals surface area contributed by atoms with Crippen LogP contribution >= 0.6 is 11.8 Å². The van der Waals surface area contributed by atoms with E-state index in [1.807, 2.05) is 73.3 Å². The number of para-hydroxylation sites is 2. The van der Waals surface area contributed by atoms with Crippen molar-refractivity contribution in [3.63, 3.8) is 0 Å². The van der Waals surface area contributed by atoms with E-state index in [0.29, 0.717) is 13.1 Å². The number of hydrogen-bond acceptors (Lipinski definition) is 3. The highest BCUT2D eigenvalue weighted by molar-refractivity contribution is 8.00. The molecule has 1 atom stereocenters. The largest absolute Gasteiger partial charge is 0.342 e. The van der Waals surface area contributed by atoms with Gasteiger partial charge in [-0.1, -0.05) is 54.2 Å². The molecule has 2 aromatic carbocycles. The molecule has 1 amide bonds. The summed E-state index contributed by atoms with van der Waals surface area (Å²) in [5.74, 6) is 0.122. The van der Waals surface area contributed by atoms with Crippen LogP contribution in [0.5, 0.6) is 0 Å². The summed E-state index contributed by atoms with van der Waals surface area (Å²) >= 11 is 1.48. The summed E-state index contributed by atoms with van der Waals surface area (Å²) in [6, 6.07) is 17.8. The SMILES string of the molecule is CCN(CC)C(=O)C(Sc1nc2ccccc2[nH]1)c1ccccc1. The Morgan fingerprint density at radius 3 is 2.42 bits per heavy atom. The molecule has 124 valence electrons. The molecule has 0 saturated heterocycles. The fourth-order valence-corrected chi connectivity index (χ4v) is 3.77. The van der Waals surface area contributed by atoms with E-state index in [2.05, 4.69) is 9.97 Å². The number of aromatic nitrogens is 2. The summed E-state index contributed by atoms with van der Waals surface area (Å²) in [4.78, 5) is 22.8. The number of carbonyl (C=O) groups excluding carboxylic acids is 1. The van der Waals surface area contributed by atoms with Crippen molar-refractivity contribution in [3.05, 3.63) is 60.2 Å². The normalized spacial score (nSPS) is 12.2. The van der Waals surface area contributed by atoms with Crippen LogP contribution in [0.25, 0.3) is 11.0 Å². The van der Waals surface area contributed by atoms with E-state index >= 15 is 0 Å². The van der Waals surface area contributed by atoms with Crippen molar-refractivity contribution < 1.29 is 4.79 Å². The van der Waals surface area contributed by atoms with Crippen molar-refractivity contribution in [1.29, 1.82) is 0 Å². The zero-order chi connectivity index (χ0) is 16.9. The molecule has 3 aromatic rings. The topological polar surface area (TPSA) is 49.0 Å². The molecule has 1 N–H and O–H groups in total. The molecule has 0 aliphatic rings. The number of nitrogens with zero attached hydrogens (tertiary/aromatic N) is 2. The number of fused-ring (bicyclic) bond motifs is 1. The molecule has 1 unspecified atom stereocenters. The van der Waals surface area contributed by atoms with Crippen LogP contribution in [0.4, 0.5) is 0 Å². The van der Waals surface area contributed by atoms with E-state index < -0.39 is 0 Å². The fourth-order valence-electron chi connectivity index (χ4n) is 2.69. The van der Waals surface area contributed by atoms with E-state index in [1.54, 1.807) is 0 Å². The van der Waals surface area contributed by atoms with Gasteiger partial charge in [-0.15, -0.1) is 0 Å². The molecular formula is C19H21N3OS. The van der Waals surface area contributed by atoms with Gasteiger partial charge < -0.3 is 9.88 Å². The molecule has 4 nitrogen and oxygen atoms in total. The van der Waals surface area contributed by atoms with E-state index in [0.717, 1.165) is 21.8 Å². The summed E-state index contributed by atoms with van der Waals surface area (Å²) in [7, 11) is 0. The molecular weight excluding hydrogens is 318 g/mol. The molecule has 24 heavy (non-hydrogen) atoms. The first-order chi connectivity index (χ1) is 11.7. The van der Waals surface area contributed by atoms with Crippen LogP contribution < -0.4 is 0 Å². The molecule has 0 fully saturated rings. The predicted molar refractivity (Wildman–Crippen MR) is 99.1 cm³/mol. The summed E-state index contributed by atoms with van der Waals surface area (Å²) in [6.07, 6.45) is 0. The number of benzene rings is 2. The maximum absolute atomic E-state index is 13.0. The molecule has 5 heteroatoms. The van der Waals surface area contributed by atoms with Gasteiger partial charge in [-0.2, -0.15) is 0 Å². The number of H-pyrrole nitrogens is 1. The average molecular weight is 339 g/mol. The van der Waals surface area contributed by atoms with Crippen LogP contribution in [-0.2, 0) is 4.79 Å². The number of nitrogens with one attached hydrogen (secondary N) is 1. The second-order valence-electron chi connectivity index (χ2n) is 5.48. The number of amides is 1. The van der Waals surface area contributed by atoms with Crippen LogP contribution in [0.3, 0.4) is 0 Å². The lowest BCUT2D eigenvalue weighted by atomic mass is 10.1. The quantitative estimate of drug-likeness (QED) is 0.683. The van der Waals surface area contributed by atoms with Crippen LogP contribution in [0, 0.1) is 0 Å². The summed E-state index contributed by atoms with van der Waals surface area (Å²) in [5, 5.41) is 0.470. The Kier molecular flexibility index (Phi) is 5.20. The molecule has 0 saturated carbocycles. The molecule has 1 aromatic heterocycles. The van der Waals surface area contributed by atoms with Crippen LogP contribution in [0.2, 0.25) is 0 Å². The Hall–Kier alpha value is -2.27. The fraction of sp³-hybridized carbons (Fsp3) is 0.263. The Labute approximate surface area is 146 Å². The van der Waals surface area contributed by atoms with Crippen molar-refractivity contribution in [3.8, 4) is 0 Å². The monoisotopic (exact) mass is 339 g/mol. The van der Waals surface area contributed by atoms with Crippen molar-refractivity contribution >= 4 is 28.7 Å². The van der Waals surface area contributed by atoms with Gasteiger partial charge in [0.25, 0.3) is 0 Å². The third-order valence-electron chi connectivity index (χ3n) is 4.00. The third kappa shape index (κ3) is 3.46. The lowest BCUT2D eigenvalue weighted by Gasteiger charge is -2.24. The first kappa shape index (κ1) is 16.6. The number of imidazole rings is 1. The molecule has 1 heterocycles. The maximum Gasteiger partial charge on any atom is 0.240 e. The Bertz CT molecular complexity index is 779. The number of likely N-dealkylation sites (N-methyl/N-ethyl adjacent to an activating group) is 1. The molecule has 0 aliphatic heterocycles. The van der Waals surface area contributed by atoms with Gasteiger partial charge in [-0.25, -0.2) is 4.98 Å². The van der Waals surface area contributed by atoms with E-state index in [9.17, 15) is 4.79 Å². The van der Waals surface area contributed by atoms with E-state index in [4.69, 9.17) is 0 Å². The number of rotatable bonds is 6. The molecule has 0 radical (unpaired) electrons. The summed E-state index contributed by atoms with van der Waals surface area (Å²) in [5.41, 5.74) is 2.91. The van der Waals surface area contributed by atoms with Crippen LogP contribution in [-0.4, -0.2) is 33.9 Å². The maximum atomic E-state index is 13.0. The predicted octanol–water partition coefficient (Wildman–Crippen LogP) is 4.26. The summed E-state index contributed by atoms with van der Waals surface area (Å²) in [6.45, 7) is 5.43. The highest BCUT2D eigenvalue weighted by atomic mass is 32.2. The van der Waals surface area contributed by atoms with Crippen LogP contribution in [0.1, 0.15) is 24.7 Å².